The van der Waals surface area contributed by atoms with Gasteiger partial charge in [0.2, 0.25) is 11.8 Å². The monoisotopic (exact) mass is 388 g/mol. The van der Waals surface area contributed by atoms with E-state index in [4.69, 9.17) is 14.0 Å². The number of carbonyl (C=O) groups excluding carboxylic acids is 1. The van der Waals surface area contributed by atoms with Gasteiger partial charge in [0.15, 0.2) is 17.3 Å². The molecule has 3 rings (SSSR count). The van der Waals surface area contributed by atoms with Crippen molar-refractivity contribution in [2.24, 2.45) is 0 Å². The van der Waals surface area contributed by atoms with Crippen LogP contribution < -0.4 is 14.8 Å². The van der Waals surface area contributed by atoms with Gasteiger partial charge in [0.05, 0.1) is 20.3 Å². The van der Waals surface area contributed by atoms with Crippen LogP contribution in [0.2, 0.25) is 0 Å². The predicted octanol–water partition coefficient (Wildman–Crippen LogP) is 2.28. The Kier molecular flexibility index (Phi) is 6.51. The van der Waals surface area contributed by atoms with Gasteiger partial charge in [0, 0.05) is 19.4 Å². The first-order valence-electron chi connectivity index (χ1n) is 9.54. The van der Waals surface area contributed by atoms with Gasteiger partial charge in [-0.3, -0.25) is 9.69 Å². The highest BCUT2D eigenvalue weighted by Crippen LogP contribution is 2.28. The molecule has 1 unspecified atom stereocenters. The summed E-state index contributed by atoms with van der Waals surface area (Å²) < 4.78 is 15.6. The largest absolute Gasteiger partial charge is 0.493 e. The summed E-state index contributed by atoms with van der Waals surface area (Å²) in [6.07, 6.45) is 1.85. The van der Waals surface area contributed by atoms with Crippen molar-refractivity contribution in [3.63, 3.8) is 0 Å². The van der Waals surface area contributed by atoms with Crippen LogP contribution in [0.3, 0.4) is 0 Å². The number of nitrogens with zero attached hydrogens (tertiary/aromatic N) is 3. The highest BCUT2D eigenvalue weighted by atomic mass is 16.5. The van der Waals surface area contributed by atoms with Crippen molar-refractivity contribution in [2.75, 3.05) is 27.3 Å². The van der Waals surface area contributed by atoms with Crippen LogP contribution in [0.1, 0.15) is 43.0 Å². The average molecular weight is 388 g/mol. The lowest BCUT2D eigenvalue weighted by molar-refractivity contribution is -0.126. The molecule has 1 aliphatic heterocycles. The average Bonchev–Trinajstić information content (AvgIpc) is 3.17. The number of piperidine rings is 1. The molecule has 0 spiro atoms. The highest BCUT2D eigenvalue weighted by molar-refractivity contribution is 5.81. The standard InChI is InChI=1S/C20H28N4O4/c1-13(24-9-7-16(8-10-24)19-22-14(2)28-23-19)20(25)21-12-15-5-6-17(26-3)18(11-15)27-4/h5-6,11,13,16H,7-10,12H2,1-4H3,(H,21,25). The second-order valence-electron chi connectivity index (χ2n) is 7.06. The lowest BCUT2D eigenvalue weighted by atomic mass is 9.95. The van der Waals surface area contributed by atoms with Crippen LogP contribution in [0, 0.1) is 6.92 Å². The van der Waals surface area contributed by atoms with Crippen molar-refractivity contribution < 1.29 is 18.8 Å². The first-order valence-corrected chi connectivity index (χ1v) is 9.54. The SMILES string of the molecule is COc1ccc(CNC(=O)C(C)N2CCC(c3noc(C)n3)CC2)cc1OC. The van der Waals surface area contributed by atoms with E-state index in [0.717, 1.165) is 37.3 Å². The Morgan fingerprint density at radius 1 is 1.29 bits per heavy atom. The van der Waals surface area contributed by atoms with Gasteiger partial charge in [-0.2, -0.15) is 4.98 Å². The zero-order valence-electron chi connectivity index (χ0n) is 16.9. The molecule has 1 N–H and O–H groups in total. The maximum atomic E-state index is 12.6. The van der Waals surface area contributed by atoms with Crippen LogP contribution in [0.15, 0.2) is 22.7 Å². The van der Waals surface area contributed by atoms with E-state index >= 15 is 0 Å². The summed E-state index contributed by atoms with van der Waals surface area (Å²) in [4.78, 5) is 19.1. The molecule has 1 saturated heterocycles. The third-order valence-electron chi connectivity index (χ3n) is 5.28. The molecule has 28 heavy (non-hydrogen) atoms. The molecule has 1 fully saturated rings. The minimum absolute atomic E-state index is 0.0173. The normalized spacial score (nSPS) is 16.6. The molecule has 0 saturated carbocycles. The van der Waals surface area contributed by atoms with Gasteiger partial charge in [0.25, 0.3) is 0 Å². The van der Waals surface area contributed by atoms with Crippen LogP contribution >= 0.6 is 0 Å². The first-order chi connectivity index (χ1) is 13.5. The Morgan fingerprint density at radius 3 is 2.61 bits per heavy atom. The Morgan fingerprint density at radius 2 is 2.00 bits per heavy atom. The van der Waals surface area contributed by atoms with E-state index in [2.05, 4.69) is 20.4 Å². The summed E-state index contributed by atoms with van der Waals surface area (Å²) in [5.74, 6) is 3.02. The number of hydrogen-bond acceptors (Lipinski definition) is 7. The number of ether oxygens (including phenoxy) is 2. The Balaban J connectivity index is 1.50. The van der Waals surface area contributed by atoms with E-state index < -0.39 is 0 Å². The lowest BCUT2D eigenvalue weighted by Crippen LogP contribution is -2.47. The summed E-state index contributed by atoms with van der Waals surface area (Å²) >= 11 is 0. The molecule has 0 aliphatic carbocycles. The smallest absolute Gasteiger partial charge is 0.237 e. The van der Waals surface area contributed by atoms with Crippen LogP contribution in [0.25, 0.3) is 0 Å². The van der Waals surface area contributed by atoms with Crippen LogP contribution in [-0.4, -0.2) is 54.3 Å². The quantitative estimate of drug-likeness (QED) is 0.778. The molecular weight excluding hydrogens is 360 g/mol. The number of methoxy groups -OCH3 is 2. The Bertz CT molecular complexity index is 799. The molecule has 1 aliphatic rings. The molecule has 2 heterocycles. The van der Waals surface area contributed by atoms with Gasteiger partial charge < -0.3 is 19.3 Å². The zero-order chi connectivity index (χ0) is 20.1. The van der Waals surface area contributed by atoms with Crippen molar-refractivity contribution in [1.29, 1.82) is 0 Å². The number of amides is 1. The number of carbonyl (C=O) groups is 1. The fourth-order valence-corrected chi connectivity index (χ4v) is 3.52. The molecule has 152 valence electrons. The van der Waals surface area contributed by atoms with Crippen LogP contribution in [-0.2, 0) is 11.3 Å². The van der Waals surface area contributed by atoms with E-state index in [9.17, 15) is 4.79 Å². The van der Waals surface area contributed by atoms with E-state index in [-0.39, 0.29) is 11.9 Å². The first kappa shape index (κ1) is 20.1. The van der Waals surface area contributed by atoms with Crippen molar-refractivity contribution >= 4 is 5.91 Å². The van der Waals surface area contributed by atoms with Gasteiger partial charge in [-0.15, -0.1) is 0 Å². The summed E-state index contributed by atoms with van der Waals surface area (Å²) in [7, 11) is 3.20. The second-order valence-corrected chi connectivity index (χ2v) is 7.06. The molecular formula is C20H28N4O4. The number of aromatic nitrogens is 2. The minimum atomic E-state index is -0.187. The topological polar surface area (TPSA) is 89.7 Å². The summed E-state index contributed by atoms with van der Waals surface area (Å²) in [6, 6.07) is 5.45. The molecule has 1 amide bonds. The van der Waals surface area contributed by atoms with E-state index in [1.165, 1.54) is 0 Å². The van der Waals surface area contributed by atoms with Crippen molar-refractivity contribution in [1.82, 2.24) is 20.4 Å². The molecule has 1 aromatic carbocycles. The number of hydrogen-bond donors (Lipinski definition) is 1. The Hall–Kier alpha value is -2.61. The van der Waals surface area contributed by atoms with Gasteiger partial charge in [-0.1, -0.05) is 11.2 Å². The third kappa shape index (κ3) is 4.62. The lowest BCUT2D eigenvalue weighted by Gasteiger charge is -2.34. The van der Waals surface area contributed by atoms with Gasteiger partial charge in [-0.25, -0.2) is 0 Å². The fraction of sp³-hybridized carbons (Fsp3) is 0.550. The third-order valence-corrected chi connectivity index (χ3v) is 5.28. The van der Waals surface area contributed by atoms with E-state index in [1.807, 2.05) is 25.1 Å². The number of benzene rings is 1. The maximum absolute atomic E-state index is 12.6. The molecule has 1 aromatic heterocycles. The van der Waals surface area contributed by atoms with Crippen LogP contribution in [0.5, 0.6) is 11.5 Å². The molecule has 8 nitrogen and oxygen atoms in total. The molecule has 1 atom stereocenters. The van der Waals surface area contributed by atoms with E-state index in [1.54, 1.807) is 21.1 Å². The number of likely N-dealkylation sites (tertiary alicyclic amines) is 1. The highest BCUT2D eigenvalue weighted by Gasteiger charge is 2.29. The second kappa shape index (κ2) is 9.05. The van der Waals surface area contributed by atoms with E-state index in [0.29, 0.717) is 29.9 Å². The molecule has 2 aromatic rings. The van der Waals surface area contributed by atoms with Gasteiger partial charge in [0.1, 0.15) is 0 Å². The van der Waals surface area contributed by atoms with Crippen molar-refractivity contribution in [3.8, 4) is 11.5 Å². The fourth-order valence-electron chi connectivity index (χ4n) is 3.52. The summed E-state index contributed by atoms with van der Waals surface area (Å²) in [5, 5.41) is 7.05. The van der Waals surface area contributed by atoms with Gasteiger partial charge in [-0.05, 0) is 50.6 Å². The maximum Gasteiger partial charge on any atom is 0.237 e. The molecule has 0 radical (unpaired) electrons. The Labute approximate surface area is 165 Å². The molecule has 0 bridgehead atoms. The summed E-state index contributed by atoms with van der Waals surface area (Å²) in [5.41, 5.74) is 0.962. The van der Waals surface area contributed by atoms with Crippen molar-refractivity contribution in [3.05, 3.63) is 35.5 Å². The van der Waals surface area contributed by atoms with Crippen molar-refractivity contribution in [2.45, 2.75) is 45.2 Å². The number of rotatable bonds is 7. The number of aryl methyl sites for hydroxylation is 1. The predicted molar refractivity (Wildman–Crippen MR) is 103 cm³/mol. The van der Waals surface area contributed by atoms with Gasteiger partial charge >= 0.3 is 0 Å². The van der Waals surface area contributed by atoms with Crippen LogP contribution in [0.4, 0.5) is 0 Å². The summed E-state index contributed by atoms with van der Waals surface area (Å²) in [6.45, 7) is 5.87. The zero-order valence-corrected chi connectivity index (χ0v) is 16.9. The molecule has 8 heteroatoms. The number of nitrogens with one attached hydrogen (secondary N) is 1. The minimum Gasteiger partial charge on any atom is -0.493 e.